The zero-order valence-corrected chi connectivity index (χ0v) is 19.2. The SMILES string of the molecule is Cc1cc(Br)ccc1N1C2=C(C(=O)CCC2)[C@@H](c2cccnc2)C(C#N)=C1n1cccc1. The summed E-state index contributed by atoms with van der Waals surface area (Å²) in [6.45, 7) is 2.05. The van der Waals surface area contributed by atoms with Crippen LogP contribution in [0.15, 0.2) is 88.6 Å². The zero-order valence-electron chi connectivity index (χ0n) is 17.6. The van der Waals surface area contributed by atoms with Crippen LogP contribution < -0.4 is 4.90 Å². The number of aromatic nitrogens is 2. The molecule has 1 atom stereocenters. The molecular weight excluding hydrogens is 464 g/mol. The van der Waals surface area contributed by atoms with E-state index in [1.807, 2.05) is 53.4 Å². The highest BCUT2D eigenvalue weighted by Gasteiger charge is 2.41. The number of rotatable bonds is 3. The number of anilines is 1. The summed E-state index contributed by atoms with van der Waals surface area (Å²) in [6.07, 6.45) is 9.45. The average Bonchev–Trinajstić information content (AvgIpc) is 3.33. The first kappa shape index (κ1) is 20.5. The summed E-state index contributed by atoms with van der Waals surface area (Å²) >= 11 is 3.56. The van der Waals surface area contributed by atoms with Gasteiger partial charge in [0.1, 0.15) is 5.82 Å². The summed E-state index contributed by atoms with van der Waals surface area (Å²) in [5, 5.41) is 10.4. The second-order valence-electron chi connectivity index (χ2n) is 8.06. The van der Waals surface area contributed by atoms with E-state index in [1.165, 1.54) is 0 Å². The summed E-state index contributed by atoms with van der Waals surface area (Å²) in [5.41, 5.74) is 5.14. The van der Waals surface area contributed by atoms with E-state index in [2.05, 4.69) is 44.9 Å². The van der Waals surface area contributed by atoms with E-state index < -0.39 is 5.92 Å². The maximum atomic E-state index is 13.3. The highest BCUT2D eigenvalue weighted by molar-refractivity contribution is 9.10. The van der Waals surface area contributed by atoms with Gasteiger partial charge < -0.3 is 4.57 Å². The van der Waals surface area contributed by atoms with Crippen molar-refractivity contribution in [1.82, 2.24) is 9.55 Å². The molecule has 0 saturated carbocycles. The van der Waals surface area contributed by atoms with Gasteiger partial charge in [0, 0.05) is 47.0 Å². The maximum Gasteiger partial charge on any atom is 0.161 e. The number of Topliss-reactive ketones (excluding diaryl/α,β-unsaturated/α-hetero) is 1. The Morgan fingerprint density at radius 1 is 1.16 bits per heavy atom. The lowest BCUT2D eigenvalue weighted by molar-refractivity contribution is -0.116. The molecule has 3 aromatic rings. The quantitative estimate of drug-likeness (QED) is 0.460. The number of nitrogens with zero attached hydrogens (tertiary/aromatic N) is 4. The minimum Gasteiger partial charge on any atom is -0.309 e. The predicted octanol–water partition coefficient (Wildman–Crippen LogP) is 5.96. The average molecular weight is 485 g/mol. The Labute approximate surface area is 195 Å². The van der Waals surface area contributed by atoms with Crippen LogP contribution in [-0.4, -0.2) is 15.3 Å². The molecule has 0 unspecified atom stereocenters. The molecule has 2 aliphatic rings. The van der Waals surface area contributed by atoms with Gasteiger partial charge in [-0.1, -0.05) is 22.0 Å². The molecule has 1 aliphatic carbocycles. The lowest BCUT2D eigenvalue weighted by Gasteiger charge is -2.41. The van der Waals surface area contributed by atoms with Gasteiger partial charge in [0.25, 0.3) is 0 Å². The molecule has 2 aromatic heterocycles. The van der Waals surface area contributed by atoms with Crippen LogP contribution in [-0.2, 0) is 4.79 Å². The number of hydrogen-bond donors (Lipinski definition) is 0. The van der Waals surface area contributed by atoms with Crippen LogP contribution in [0.25, 0.3) is 5.82 Å². The molecule has 0 N–H and O–H groups in total. The summed E-state index contributed by atoms with van der Waals surface area (Å²) < 4.78 is 2.97. The van der Waals surface area contributed by atoms with Crippen LogP contribution in [0.4, 0.5) is 5.69 Å². The molecule has 0 spiro atoms. The van der Waals surface area contributed by atoms with Crippen molar-refractivity contribution < 1.29 is 4.79 Å². The topological polar surface area (TPSA) is 61.9 Å². The Kier molecular flexibility index (Phi) is 5.28. The molecule has 5 rings (SSSR count). The van der Waals surface area contributed by atoms with E-state index in [0.717, 1.165) is 51.2 Å². The van der Waals surface area contributed by atoms with Crippen molar-refractivity contribution in [3.8, 4) is 6.07 Å². The lowest BCUT2D eigenvalue weighted by Crippen LogP contribution is -2.37. The van der Waals surface area contributed by atoms with Crippen molar-refractivity contribution in [1.29, 1.82) is 5.26 Å². The van der Waals surface area contributed by atoms with E-state index >= 15 is 0 Å². The zero-order chi connectivity index (χ0) is 22.2. The molecule has 0 saturated heterocycles. The summed E-state index contributed by atoms with van der Waals surface area (Å²) in [4.78, 5) is 19.7. The predicted molar refractivity (Wildman–Crippen MR) is 127 cm³/mol. The molecule has 1 aliphatic heterocycles. The van der Waals surface area contributed by atoms with Crippen molar-refractivity contribution in [2.75, 3.05) is 4.90 Å². The largest absolute Gasteiger partial charge is 0.309 e. The number of nitriles is 1. The van der Waals surface area contributed by atoms with Gasteiger partial charge in [0.05, 0.1) is 23.2 Å². The number of carbonyl (C=O) groups is 1. The molecule has 3 heterocycles. The Bertz CT molecular complexity index is 1300. The Morgan fingerprint density at radius 3 is 2.66 bits per heavy atom. The van der Waals surface area contributed by atoms with Crippen LogP contribution in [0.3, 0.4) is 0 Å². The third-order valence-electron chi connectivity index (χ3n) is 6.12. The number of aryl methyl sites for hydroxylation is 1. The van der Waals surface area contributed by atoms with Gasteiger partial charge in [0.15, 0.2) is 5.78 Å². The fraction of sp³-hybridized carbons (Fsp3) is 0.192. The molecule has 1 aromatic carbocycles. The van der Waals surface area contributed by atoms with Gasteiger partial charge in [0.2, 0.25) is 0 Å². The van der Waals surface area contributed by atoms with Crippen LogP contribution in [0, 0.1) is 18.3 Å². The minimum atomic E-state index is -0.430. The number of pyridine rings is 1. The van der Waals surface area contributed by atoms with Gasteiger partial charge in [-0.15, -0.1) is 0 Å². The van der Waals surface area contributed by atoms with Crippen molar-refractivity contribution in [2.45, 2.75) is 32.1 Å². The molecule has 5 nitrogen and oxygen atoms in total. The molecule has 32 heavy (non-hydrogen) atoms. The first-order valence-corrected chi connectivity index (χ1v) is 11.4. The van der Waals surface area contributed by atoms with Crippen molar-refractivity contribution in [3.63, 3.8) is 0 Å². The first-order chi connectivity index (χ1) is 15.6. The lowest BCUT2D eigenvalue weighted by atomic mass is 9.76. The summed E-state index contributed by atoms with van der Waals surface area (Å²) in [6, 6.07) is 16.3. The monoisotopic (exact) mass is 484 g/mol. The molecule has 0 bridgehead atoms. The Hall–Kier alpha value is -3.43. The summed E-state index contributed by atoms with van der Waals surface area (Å²) in [7, 11) is 0. The second kappa shape index (κ2) is 8.25. The number of hydrogen-bond acceptors (Lipinski definition) is 4. The number of carbonyl (C=O) groups excluding carboxylic acids is 1. The molecule has 6 heteroatoms. The first-order valence-electron chi connectivity index (χ1n) is 10.6. The maximum absolute atomic E-state index is 13.3. The normalized spacial score (nSPS) is 18.6. The van der Waals surface area contributed by atoms with Crippen molar-refractivity contribution >= 4 is 33.2 Å². The van der Waals surface area contributed by atoms with Crippen molar-refractivity contribution in [2.24, 2.45) is 0 Å². The molecule has 158 valence electrons. The number of ketones is 1. The van der Waals surface area contributed by atoms with Crippen LogP contribution in [0.2, 0.25) is 0 Å². The second-order valence-corrected chi connectivity index (χ2v) is 8.98. The standard InChI is InChI=1S/C26H21BrN4O/c1-17-14-19(27)9-10-21(17)31-22-7-4-8-23(32)25(22)24(18-6-5-11-29-16-18)20(15-28)26(31)30-12-2-3-13-30/h2-3,5-6,9-14,16,24H,4,7-8H2,1H3/t24-/m0/s1. The Balaban J connectivity index is 1.86. The van der Waals surface area contributed by atoms with Gasteiger partial charge in [-0.2, -0.15) is 5.26 Å². The highest BCUT2D eigenvalue weighted by atomic mass is 79.9. The molecule has 0 radical (unpaired) electrons. The van der Waals surface area contributed by atoms with Crippen LogP contribution in [0.1, 0.15) is 36.3 Å². The van der Waals surface area contributed by atoms with Gasteiger partial charge in [-0.05, 0) is 67.3 Å². The van der Waals surface area contributed by atoms with Gasteiger partial charge >= 0.3 is 0 Å². The fourth-order valence-electron chi connectivity index (χ4n) is 4.78. The number of benzene rings is 1. The minimum absolute atomic E-state index is 0.110. The smallest absolute Gasteiger partial charge is 0.161 e. The van der Waals surface area contributed by atoms with E-state index in [9.17, 15) is 10.1 Å². The van der Waals surface area contributed by atoms with Crippen molar-refractivity contribution in [3.05, 3.63) is 99.7 Å². The highest BCUT2D eigenvalue weighted by Crippen LogP contribution is 2.49. The van der Waals surface area contributed by atoms with E-state index in [4.69, 9.17) is 0 Å². The van der Waals surface area contributed by atoms with Crippen LogP contribution >= 0.6 is 15.9 Å². The fourth-order valence-corrected chi connectivity index (χ4v) is 5.26. The number of allylic oxidation sites excluding steroid dienone is 3. The van der Waals surface area contributed by atoms with Crippen LogP contribution in [0.5, 0.6) is 0 Å². The third kappa shape index (κ3) is 3.30. The van der Waals surface area contributed by atoms with E-state index in [0.29, 0.717) is 12.0 Å². The van der Waals surface area contributed by atoms with Gasteiger partial charge in [-0.25, -0.2) is 0 Å². The Morgan fingerprint density at radius 2 is 1.97 bits per heavy atom. The van der Waals surface area contributed by atoms with E-state index in [-0.39, 0.29) is 5.78 Å². The molecule has 0 fully saturated rings. The van der Waals surface area contributed by atoms with Gasteiger partial charge in [-0.3, -0.25) is 14.7 Å². The molecule has 0 amide bonds. The summed E-state index contributed by atoms with van der Waals surface area (Å²) in [5.74, 6) is 0.449. The van der Waals surface area contributed by atoms with E-state index in [1.54, 1.807) is 12.4 Å². The third-order valence-corrected chi connectivity index (χ3v) is 6.61. The molecular formula is C26H21BrN4O. The number of halogens is 1.